The first-order valence-corrected chi connectivity index (χ1v) is 4.98. The third kappa shape index (κ3) is 7.53. The minimum absolute atomic E-state index is 0. The predicted octanol–water partition coefficient (Wildman–Crippen LogP) is 2.47. The SMILES string of the molecule is CCC.CNCCCc1ncc[nH]1.[HH].[HH]. The molecule has 1 rings (SSSR count). The molecule has 0 aliphatic heterocycles. The molecule has 3 heteroatoms. The van der Waals surface area contributed by atoms with Crippen molar-refractivity contribution in [2.45, 2.75) is 33.1 Å². The summed E-state index contributed by atoms with van der Waals surface area (Å²) >= 11 is 0. The molecule has 0 aliphatic carbocycles. The van der Waals surface area contributed by atoms with Crippen molar-refractivity contribution < 1.29 is 2.85 Å². The minimum atomic E-state index is 0. The Balaban J connectivity index is -0.000000260. The number of nitrogens with one attached hydrogen (secondary N) is 2. The Morgan fingerprint density at radius 1 is 1.54 bits per heavy atom. The van der Waals surface area contributed by atoms with Crippen LogP contribution in [0.1, 0.15) is 35.4 Å². The van der Waals surface area contributed by atoms with Gasteiger partial charge in [0.25, 0.3) is 0 Å². The highest BCUT2D eigenvalue weighted by atomic mass is 14.9. The fourth-order valence-electron chi connectivity index (χ4n) is 0.867. The van der Waals surface area contributed by atoms with Crippen LogP contribution in [0, 0.1) is 0 Å². The average Bonchev–Trinajstić information content (AvgIpc) is 2.59. The predicted molar refractivity (Wildman–Crippen MR) is 61.0 cm³/mol. The highest BCUT2D eigenvalue weighted by molar-refractivity contribution is 4.86. The molecule has 0 aromatic carbocycles. The summed E-state index contributed by atoms with van der Waals surface area (Å²) in [4.78, 5) is 7.16. The van der Waals surface area contributed by atoms with Gasteiger partial charge in [0.2, 0.25) is 0 Å². The van der Waals surface area contributed by atoms with Crippen molar-refractivity contribution in [3.8, 4) is 0 Å². The smallest absolute Gasteiger partial charge is 0.106 e. The first kappa shape index (κ1) is 12.2. The van der Waals surface area contributed by atoms with Crippen LogP contribution in [-0.2, 0) is 6.42 Å². The van der Waals surface area contributed by atoms with Crippen molar-refractivity contribution >= 4 is 0 Å². The van der Waals surface area contributed by atoms with Gasteiger partial charge in [-0.25, -0.2) is 4.98 Å². The van der Waals surface area contributed by atoms with Crippen LogP contribution in [0.2, 0.25) is 0 Å². The molecule has 13 heavy (non-hydrogen) atoms. The van der Waals surface area contributed by atoms with Crippen molar-refractivity contribution in [2.75, 3.05) is 13.6 Å². The van der Waals surface area contributed by atoms with Gasteiger partial charge in [0.05, 0.1) is 0 Å². The molecule has 0 spiro atoms. The average molecular weight is 187 g/mol. The monoisotopic (exact) mass is 187 g/mol. The molecule has 3 nitrogen and oxygen atoms in total. The number of aromatic amines is 1. The molecule has 0 saturated carbocycles. The highest BCUT2D eigenvalue weighted by Gasteiger charge is 1.91. The first-order valence-electron chi connectivity index (χ1n) is 4.98. The lowest BCUT2D eigenvalue weighted by Crippen LogP contribution is -2.08. The number of hydrogen-bond donors (Lipinski definition) is 2. The maximum atomic E-state index is 4.10. The van der Waals surface area contributed by atoms with Gasteiger partial charge >= 0.3 is 0 Å². The largest absolute Gasteiger partial charge is 0.349 e. The van der Waals surface area contributed by atoms with Gasteiger partial charge in [0.1, 0.15) is 5.82 Å². The Labute approximate surface area is 83.9 Å². The molecule has 0 fully saturated rings. The summed E-state index contributed by atoms with van der Waals surface area (Å²) in [7, 11) is 1.96. The van der Waals surface area contributed by atoms with Gasteiger partial charge in [-0.3, -0.25) is 0 Å². The second-order valence-electron chi connectivity index (χ2n) is 2.95. The number of nitrogens with zero attached hydrogens (tertiary/aromatic N) is 1. The molecule has 80 valence electrons. The Bertz CT molecular complexity index is 179. The van der Waals surface area contributed by atoms with Crippen LogP contribution in [0.15, 0.2) is 12.4 Å². The molecule has 0 aliphatic rings. The molecule has 1 aromatic heterocycles. The van der Waals surface area contributed by atoms with Gasteiger partial charge in [0, 0.05) is 21.7 Å². The topological polar surface area (TPSA) is 40.7 Å². The number of H-pyrrole nitrogens is 1. The molecule has 1 aromatic rings. The van der Waals surface area contributed by atoms with Gasteiger partial charge in [-0.15, -0.1) is 0 Å². The standard InChI is InChI=1S/C7H13N3.C3H8.2H2/c1-8-4-2-3-7-9-5-6-10-7;1-3-2;;/h5-6,8H,2-4H2,1H3,(H,9,10);3H2,1-2H3;2*1H. The van der Waals surface area contributed by atoms with Crippen molar-refractivity contribution in [3.63, 3.8) is 0 Å². The first-order chi connectivity index (χ1) is 6.35. The van der Waals surface area contributed by atoms with E-state index in [1.807, 2.05) is 13.2 Å². The van der Waals surface area contributed by atoms with Crippen molar-refractivity contribution in [2.24, 2.45) is 0 Å². The maximum Gasteiger partial charge on any atom is 0.106 e. The third-order valence-electron chi connectivity index (χ3n) is 1.40. The van der Waals surface area contributed by atoms with Crippen molar-refractivity contribution in [3.05, 3.63) is 18.2 Å². The molecule has 1 heterocycles. The number of aryl methyl sites for hydroxylation is 1. The normalized spacial score (nSPS) is 9.15. The van der Waals surface area contributed by atoms with E-state index in [1.165, 1.54) is 6.42 Å². The Morgan fingerprint density at radius 2 is 2.23 bits per heavy atom. The summed E-state index contributed by atoms with van der Waals surface area (Å²) in [6, 6.07) is 0. The zero-order chi connectivity index (χ0) is 9.94. The van der Waals surface area contributed by atoms with Crippen LogP contribution in [0.4, 0.5) is 0 Å². The van der Waals surface area contributed by atoms with E-state index in [0.29, 0.717) is 0 Å². The summed E-state index contributed by atoms with van der Waals surface area (Å²) in [5, 5.41) is 3.09. The zero-order valence-electron chi connectivity index (χ0n) is 8.93. The number of hydrogen-bond acceptors (Lipinski definition) is 2. The van der Waals surface area contributed by atoms with Gasteiger partial charge in [-0.2, -0.15) is 0 Å². The van der Waals surface area contributed by atoms with Crippen molar-refractivity contribution in [1.29, 1.82) is 0 Å². The number of aromatic nitrogens is 2. The zero-order valence-corrected chi connectivity index (χ0v) is 8.93. The van der Waals surface area contributed by atoms with Gasteiger partial charge in [-0.1, -0.05) is 20.3 Å². The molecule has 0 atom stereocenters. The summed E-state index contributed by atoms with van der Waals surface area (Å²) in [6.07, 6.45) is 7.07. The van der Waals surface area contributed by atoms with E-state index < -0.39 is 0 Å². The Kier molecular flexibility index (Phi) is 8.67. The summed E-state index contributed by atoms with van der Waals surface area (Å²) in [5.74, 6) is 1.08. The summed E-state index contributed by atoms with van der Waals surface area (Å²) in [5.41, 5.74) is 0. The van der Waals surface area contributed by atoms with Gasteiger partial charge in [-0.05, 0) is 20.0 Å². The van der Waals surface area contributed by atoms with Crippen LogP contribution in [0.5, 0.6) is 0 Å². The van der Waals surface area contributed by atoms with Crippen LogP contribution >= 0.6 is 0 Å². The second-order valence-corrected chi connectivity index (χ2v) is 2.95. The lowest BCUT2D eigenvalue weighted by Gasteiger charge is -1.95. The lowest BCUT2D eigenvalue weighted by atomic mass is 10.3. The van der Waals surface area contributed by atoms with Crippen molar-refractivity contribution in [1.82, 2.24) is 15.3 Å². The molecule has 0 bridgehead atoms. The molecular weight excluding hydrogens is 162 g/mol. The minimum Gasteiger partial charge on any atom is -0.349 e. The van der Waals surface area contributed by atoms with Crippen LogP contribution < -0.4 is 5.32 Å². The van der Waals surface area contributed by atoms with E-state index in [0.717, 1.165) is 25.2 Å². The molecule has 0 saturated heterocycles. The summed E-state index contributed by atoms with van der Waals surface area (Å²) in [6.45, 7) is 5.31. The van der Waals surface area contributed by atoms with Gasteiger partial charge < -0.3 is 10.3 Å². The van der Waals surface area contributed by atoms with E-state index in [1.54, 1.807) is 6.20 Å². The molecule has 2 N–H and O–H groups in total. The lowest BCUT2D eigenvalue weighted by molar-refractivity contribution is 0.707. The van der Waals surface area contributed by atoms with Crippen LogP contribution in [0.25, 0.3) is 0 Å². The second kappa shape index (κ2) is 9.26. The number of rotatable bonds is 4. The van der Waals surface area contributed by atoms with E-state index in [9.17, 15) is 0 Å². The Morgan fingerprint density at radius 3 is 2.69 bits per heavy atom. The summed E-state index contributed by atoms with van der Waals surface area (Å²) < 4.78 is 0. The number of imidazole rings is 1. The molecule has 0 unspecified atom stereocenters. The fraction of sp³-hybridized carbons (Fsp3) is 0.700. The van der Waals surface area contributed by atoms with Gasteiger partial charge in [0.15, 0.2) is 0 Å². The molecule has 0 amide bonds. The van der Waals surface area contributed by atoms with Crippen LogP contribution in [0.3, 0.4) is 0 Å². The van der Waals surface area contributed by atoms with Crippen LogP contribution in [-0.4, -0.2) is 23.6 Å². The third-order valence-corrected chi connectivity index (χ3v) is 1.40. The van der Waals surface area contributed by atoms with E-state index in [4.69, 9.17) is 0 Å². The Hall–Kier alpha value is -0.830. The van der Waals surface area contributed by atoms with E-state index in [2.05, 4.69) is 29.1 Å². The molecule has 0 radical (unpaired) electrons. The molecular formula is C10H25N3. The fourth-order valence-corrected chi connectivity index (χ4v) is 0.867. The van der Waals surface area contributed by atoms with E-state index in [-0.39, 0.29) is 2.85 Å². The highest BCUT2D eigenvalue weighted by Crippen LogP contribution is 1.92. The maximum absolute atomic E-state index is 4.10. The quantitative estimate of drug-likeness (QED) is 0.711. The van der Waals surface area contributed by atoms with E-state index >= 15 is 0 Å².